The minimum Gasteiger partial charge on any atom is -0.310 e. The summed E-state index contributed by atoms with van der Waals surface area (Å²) in [4.78, 5) is 2.43. The predicted octanol–water partition coefficient (Wildman–Crippen LogP) is 1.84. The molecule has 0 spiro atoms. The molecule has 2 nitrogen and oxygen atoms in total. The van der Waals surface area contributed by atoms with Crippen LogP contribution in [0.2, 0.25) is 0 Å². The van der Waals surface area contributed by atoms with Crippen molar-refractivity contribution in [1.29, 1.82) is 0 Å². The van der Waals surface area contributed by atoms with Crippen molar-refractivity contribution in [1.82, 2.24) is 10.2 Å². The number of nitrogens with one attached hydrogen (secondary N) is 1. The van der Waals surface area contributed by atoms with Crippen molar-refractivity contribution < 1.29 is 0 Å². The van der Waals surface area contributed by atoms with E-state index >= 15 is 0 Å². The van der Waals surface area contributed by atoms with Gasteiger partial charge in [-0.2, -0.15) is 0 Å². The minimum absolute atomic E-state index is 0.696. The van der Waals surface area contributed by atoms with Gasteiger partial charge in [0.2, 0.25) is 0 Å². The fourth-order valence-corrected chi connectivity index (χ4v) is 3.24. The lowest BCUT2D eigenvalue weighted by atomic mass is 9.88. The number of rotatable bonds is 2. The van der Waals surface area contributed by atoms with Crippen LogP contribution in [0.15, 0.2) is 24.3 Å². The minimum atomic E-state index is 0.696. The van der Waals surface area contributed by atoms with Crippen molar-refractivity contribution in [3.8, 4) is 0 Å². The van der Waals surface area contributed by atoms with Crippen molar-refractivity contribution in [3.05, 3.63) is 35.4 Å². The molecule has 92 valence electrons. The van der Waals surface area contributed by atoms with Crippen molar-refractivity contribution in [2.75, 3.05) is 20.1 Å². The molecule has 1 saturated heterocycles. The summed E-state index contributed by atoms with van der Waals surface area (Å²) in [6, 6.07) is 10.3. The molecule has 0 amide bonds. The summed E-state index contributed by atoms with van der Waals surface area (Å²) in [5.74, 6) is 0. The zero-order valence-corrected chi connectivity index (χ0v) is 10.7. The maximum absolute atomic E-state index is 3.85. The second-order valence-electron chi connectivity index (χ2n) is 5.62. The molecule has 1 N–H and O–H groups in total. The van der Waals surface area contributed by atoms with Crippen LogP contribution < -0.4 is 5.32 Å². The molecule has 2 aliphatic rings. The number of hydrogen-bond acceptors (Lipinski definition) is 2. The molecule has 0 bridgehead atoms. The largest absolute Gasteiger partial charge is 0.310 e. The summed E-state index contributed by atoms with van der Waals surface area (Å²) >= 11 is 0. The van der Waals surface area contributed by atoms with Crippen LogP contribution in [0.1, 0.15) is 24.0 Å². The van der Waals surface area contributed by atoms with E-state index in [4.69, 9.17) is 0 Å². The topological polar surface area (TPSA) is 15.3 Å². The summed E-state index contributed by atoms with van der Waals surface area (Å²) in [6.07, 6.45) is 5.08. The van der Waals surface area contributed by atoms with E-state index in [0.717, 1.165) is 6.04 Å². The van der Waals surface area contributed by atoms with E-state index in [0.29, 0.717) is 6.04 Å². The Balaban J connectivity index is 1.61. The van der Waals surface area contributed by atoms with E-state index in [1.807, 2.05) is 0 Å². The van der Waals surface area contributed by atoms with Crippen molar-refractivity contribution in [2.24, 2.45) is 0 Å². The second kappa shape index (κ2) is 4.79. The summed E-state index contributed by atoms with van der Waals surface area (Å²) in [5.41, 5.74) is 3.12. The van der Waals surface area contributed by atoms with E-state index < -0.39 is 0 Å². The standard InChI is InChI=1S/C15H22N2/c1-17-9-8-15(11-17)16-14-7-6-12-4-2-3-5-13(12)10-14/h2-5,14-16H,6-11H2,1H3. The van der Waals surface area contributed by atoms with Crippen LogP contribution in [0.25, 0.3) is 0 Å². The third-order valence-corrected chi connectivity index (χ3v) is 4.21. The van der Waals surface area contributed by atoms with E-state index in [2.05, 4.69) is 41.5 Å². The Bertz CT molecular complexity index is 388. The molecule has 3 rings (SSSR count). The highest BCUT2D eigenvalue weighted by Crippen LogP contribution is 2.22. The molecule has 0 radical (unpaired) electrons. The quantitative estimate of drug-likeness (QED) is 0.834. The van der Waals surface area contributed by atoms with E-state index in [-0.39, 0.29) is 0 Å². The molecular weight excluding hydrogens is 208 g/mol. The predicted molar refractivity (Wildman–Crippen MR) is 71.3 cm³/mol. The van der Waals surface area contributed by atoms with Crippen molar-refractivity contribution in [2.45, 2.75) is 37.8 Å². The number of likely N-dealkylation sites (tertiary alicyclic amines) is 1. The lowest BCUT2D eigenvalue weighted by molar-refractivity contribution is 0.366. The maximum Gasteiger partial charge on any atom is 0.0209 e. The number of hydrogen-bond donors (Lipinski definition) is 1. The Kier molecular flexibility index (Phi) is 3.17. The third kappa shape index (κ3) is 2.53. The Labute approximate surface area is 104 Å². The number of fused-ring (bicyclic) bond motifs is 1. The summed E-state index contributed by atoms with van der Waals surface area (Å²) < 4.78 is 0. The monoisotopic (exact) mass is 230 g/mol. The van der Waals surface area contributed by atoms with Crippen LogP contribution >= 0.6 is 0 Å². The molecular formula is C15H22N2. The van der Waals surface area contributed by atoms with Gasteiger partial charge in [0.05, 0.1) is 0 Å². The van der Waals surface area contributed by atoms with Gasteiger partial charge in [-0.05, 0) is 50.4 Å². The van der Waals surface area contributed by atoms with E-state index in [1.54, 1.807) is 11.1 Å². The number of aryl methyl sites for hydroxylation is 1. The lowest BCUT2D eigenvalue weighted by Crippen LogP contribution is -2.42. The molecule has 1 heterocycles. The van der Waals surface area contributed by atoms with Gasteiger partial charge in [-0.3, -0.25) is 0 Å². The van der Waals surface area contributed by atoms with Crippen LogP contribution in [0.3, 0.4) is 0 Å². The van der Waals surface area contributed by atoms with Gasteiger partial charge in [-0.25, -0.2) is 0 Å². The van der Waals surface area contributed by atoms with Crippen LogP contribution in [0, 0.1) is 0 Å². The van der Waals surface area contributed by atoms with Gasteiger partial charge in [0, 0.05) is 18.6 Å². The summed E-state index contributed by atoms with van der Waals surface area (Å²) in [7, 11) is 2.22. The van der Waals surface area contributed by atoms with E-state index in [1.165, 1.54) is 38.8 Å². The van der Waals surface area contributed by atoms with Crippen molar-refractivity contribution >= 4 is 0 Å². The molecule has 2 atom stereocenters. The van der Waals surface area contributed by atoms with E-state index in [9.17, 15) is 0 Å². The van der Waals surface area contributed by atoms with Crippen LogP contribution in [0.4, 0.5) is 0 Å². The lowest BCUT2D eigenvalue weighted by Gasteiger charge is -2.28. The number of nitrogens with zero attached hydrogens (tertiary/aromatic N) is 1. The second-order valence-corrected chi connectivity index (χ2v) is 5.62. The Morgan fingerprint density at radius 1 is 1.12 bits per heavy atom. The average molecular weight is 230 g/mol. The molecule has 0 aromatic heterocycles. The number of likely N-dealkylation sites (N-methyl/N-ethyl adjacent to an activating group) is 1. The molecule has 1 aromatic carbocycles. The first-order chi connectivity index (χ1) is 8.31. The number of benzene rings is 1. The van der Waals surface area contributed by atoms with Crippen molar-refractivity contribution in [3.63, 3.8) is 0 Å². The van der Waals surface area contributed by atoms with Gasteiger partial charge >= 0.3 is 0 Å². The highest BCUT2D eigenvalue weighted by atomic mass is 15.2. The van der Waals surface area contributed by atoms with Gasteiger partial charge in [0.15, 0.2) is 0 Å². The first-order valence-electron chi connectivity index (χ1n) is 6.82. The van der Waals surface area contributed by atoms with Crippen LogP contribution in [-0.2, 0) is 12.8 Å². The molecule has 1 fully saturated rings. The molecule has 1 aliphatic heterocycles. The van der Waals surface area contributed by atoms with Crippen LogP contribution in [0.5, 0.6) is 0 Å². The molecule has 1 aromatic rings. The molecule has 2 unspecified atom stereocenters. The highest BCUT2D eigenvalue weighted by molar-refractivity contribution is 5.30. The Hall–Kier alpha value is -0.860. The highest BCUT2D eigenvalue weighted by Gasteiger charge is 2.24. The molecule has 0 saturated carbocycles. The van der Waals surface area contributed by atoms with Crippen LogP contribution in [-0.4, -0.2) is 37.1 Å². The van der Waals surface area contributed by atoms with Gasteiger partial charge in [-0.15, -0.1) is 0 Å². The van der Waals surface area contributed by atoms with Gasteiger partial charge < -0.3 is 10.2 Å². The summed E-state index contributed by atoms with van der Waals surface area (Å²) in [6.45, 7) is 2.47. The SMILES string of the molecule is CN1CCC(NC2CCc3ccccc3C2)C1. The Morgan fingerprint density at radius 3 is 2.71 bits per heavy atom. The molecule has 17 heavy (non-hydrogen) atoms. The first kappa shape index (κ1) is 11.2. The molecule has 1 aliphatic carbocycles. The van der Waals surface area contributed by atoms with Gasteiger partial charge in [-0.1, -0.05) is 24.3 Å². The fraction of sp³-hybridized carbons (Fsp3) is 0.600. The van der Waals surface area contributed by atoms with Gasteiger partial charge in [0.25, 0.3) is 0 Å². The maximum atomic E-state index is 3.85. The smallest absolute Gasteiger partial charge is 0.0209 e. The normalized spacial score (nSPS) is 29.2. The zero-order valence-electron chi connectivity index (χ0n) is 10.7. The molecule has 2 heteroatoms. The third-order valence-electron chi connectivity index (χ3n) is 4.21. The first-order valence-corrected chi connectivity index (χ1v) is 6.82. The fourth-order valence-electron chi connectivity index (χ4n) is 3.24. The Morgan fingerprint density at radius 2 is 1.94 bits per heavy atom. The average Bonchev–Trinajstić information content (AvgIpc) is 2.75. The summed E-state index contributed by atoms with van der Waals surface area (Å²) in [5, 5.41) is 3.85. The zero-order chi connectivity index (χ0) is 11.7. The van der Waals surface area contributed by atoms with Gasteiger partial charge in [0.1, 0.15) is 0 Å².